The van der Waals surface area contributed by atoms with Gasteiger partial charge in [0.15, 0.2) is 0 Å². The molecule has 17 heavy (non-hydrogen) atoms. The maximum absolute atomic E-state index is 9.12. The van der Waals surface area contributed by atoms with Gasteiger partial charge in [0.2, 0.25) is 0 Å². The third-order valence-electron chi connectivity index (χ3n) is 2.89. The molecule has 1 aromatic rings. The summed E-state index contributed by atoms with van der Waals surface area (Å²) in [7, 11) is 1.69. The number of rotatable bonds is 5. The van der Waals surface area contributed by atoms with Crippen molar-refractivity contribution in [1.82, 2.24) is 4.57 Å². The van der Waals surface area contributed by atoms with Gasteiger partial charge in [-0.25, -0.2) is 0 Å². The van der Waals surface area contributed by atoms with E-state index in [4.69, 9.17) is 21.6 Å². The van der Waals surface area contributed by atoms with Crippen molar-refractivity contribution in [2.24, 2.45) is 0 Å². The molecule has 1 heterocycles. The molecule has 3 nitrogen and oxygen atoms in total. The Morgan fingerprint density at radius 1 is 1.47 bits per heavy atom. The number of aromatic nitrogens is 1. The van der Waals surface area contributed by atoms with Crippen LogP contribution in [0.1, 0.15) is 43.1 Å². The first kappa shape index (κ1) is 14.1. The Morgan fingerprint density at radius 2 is 2.12 bits per heavy atom. The van der Waals surface area contributed by atoms with E-state index in [2.05, 4.69) is 24.5 Å². The molecule has 0 aliphatic rings. The highest BCUT2D eigenvalue weighted by atomic mass is 35.5. The maximum atomic E-state index is 9.12. The highest BCUT2D eigenvalue weighted by Gasteiger charge is 2.20. The summed E-state index contributed by atoms with van der Waals surface area (Å²) in [4.78, 5) is 0. The molecule has 1 rings (SSSR count). The number of nitrogens with zero attached hydrogens (tertiary/aromatic N) is 2. The first-order valence-corrected chi connectivity index (χ1v) is 6.19. The van der Waals surface area contributed by atoms with Crippen LogP contribution in [0.15, 0.2) is 0 Å². The minimum absolute atomic E-state index is 0.311. The summed E-state index contributed by atoms with van der Waals surface area (Å²) in [5.41, 5.74) is 2.61. The maximum Gasteiger partial charge on any atom is 0.103 e. The molecule has 0 atom stereocenters. The molecule has 0 saturated heterocycles. The summed E-state index contributed by atoms with van der Waals surface area (Å²) in [5.74, 6) is 0.311. The van der Waals surface area contributed by atoms with Crippen LogP contribution in [0, 0.1) is 18.3 Å². The minimum Gasteiger partial charge on any atom is -0.385 e. The summed E-state index contributed by atoms with van der Waals surface area (Å²) < 4.78 is 7.20. The predicted molar refractivity (Wildman–Crippen MR) is 69.5 cm³/mol. The van der Waals surface area contributed by atoms with Crippen LogP contribution in [0.5, 0.6) is 0 Å². The van der Waals surface area contributed by atoms with E-state index in [1.807, 2.05) is 6.92 Å². The van der Waals surface area contributed by atoms with Crippen molar-refractivity contribution in [3.05, 3.63) is 22.0 Å². The fourth-order valence-electron chi connectivity index (χ4n) is 2.07. The van der Waals surface area contributed by atoms with E-state index in [9.17, 15) is 0 Å². The van der Waals surface area contributed by atoms with Gasteiger partial charge in [-0.3, -0.25) is 0 Å². The number of hydrogen-bond donors (Lipinski definition) is 0. The fraction of sp³-hybridized carbons (Fsp3) is 0.615. The van der Waals surface area contributed by atoms with Crippen LogP contribution >= 0.6 is 11.6 Å². The Morgan fingerprint density at radius 3 is 2.59 bits per heavy atom. The molecule has 0 bridgehead atoms. The Balaban J connectivity index is 3.13. The van der Waals surface area contributed by atoms with Crippen molar-refractivity contribution in [2.45, 2.75) is 39.7 Å². The summed E-state index contributed by atoms with van der Waals surface area (Å²) in [6.45, 7) is 7.69. The lowest BCUT2D eigenvalue weighted by Crippen LogP contribution is -2.08. The second-order valence-corrected chi connectivity index (χ2v) is 4.80. The SMILES string of the molecule is COCCCn1c(C)c(C#N)c(Cl)c1C(C)C. The molecule has 1 aromatic heterocycles. The molecule has 0 spiro atoms. The van der Waals surface area contributed by atoms with Gasteiger partial charge in [-0.1, -0.05) is 25.4 Å². The van der Waals surface area contributed by atoms with Gasteiger partial charge in [-0.05, 0) is 19.3 Å². The van der Waals surface area contributed by atoms with E-state index in [0.717, 1.165) is 24.4 Å². The van der Waals surface area contributed by atoms with Gasteiger partial charge in [0.1, 0.15) is 6.07 Å². The molecule has 94 valence electrons. The first-order chi connectivity index (χ1) is 8.04. The Bertz CT molecular complexity index is 430. The molecule has 0 fully saturated rings. The Kier molecular flexibility index (Phi) is 5.04. The third kappa shape index (κ3) is 2.83. The van der Waals surface area contributed by atoms with Crippen LogP contribution in [0.2, 0.25) is 5.02 Å². The molecule has 0 aromatic carbocycles. The van der Waals surface area contributed by atoms with Crippen LogP contribution < -0.4 is 0 Å². The van der Waals surface area contributed by atoms with Gasteiger partial charge in [-0.15, -0.1) is 0 Å². The smallest absolute Gasteiger partial charge is 0.103 e. The van der Waals surface area contributed by atoms with E-state index in [1.54, 1.807) is 7.11 Å². The lowest BCUT2D eigenvalue weighted by Gasteiger charge is -2.14. The fourth-order valence-corrected chi connectivity index (χ4v) is 2.57. The van der Waals surface area contributed by atoms with Gasteiger partial charge >= 0.3 is 0 Å². The quantitative estimate of drug-likeness (QED) is 0.755. The van der Waals surface area contributed by atoms with Crippen molar-refractivity contribution in [3.8, 4) is 6.07 Å². The molecule has 4 heteroatoms. The van der Waals surface area contributed by atoms with Gasteiger partial charge in [0.05, 0.1) is 10.6 Å². The predicted octanol–water partition coefficient (Wildman–Crippen LogP) is 3.48. The number of hydrogen-bond acceptors (Lipinski definition) is 2. The van der Waals surface area contributed by atoms with E-state index in [-0.39, 0.29) is 0 Å². The zero-order valence-electron chi connectivity index (χ0n) is 10.9. The van der Waals surface area contributed by atoms with E-state index < -0.39 is 0 Å². The molecule has 0 amide bonds. The van der Waals surface area contributed by atoms with Gasteiger partial charge < -0.3 is 9.30 Å². The molecule has 0 unspecified atom stereocenters. The van der Waals surface area contributed by atoms with E-state index in [0.29, 0.717) is 23.1 Å². The largest absolute Gasteiger partial charge is 0.385 e. The normalized spacial score (nSPS) is 10.9. The second-order valence-electron chi connectivity index (χ2n) is 4.42. The average molecular weight is 255 g/mol. The van der Waals surface area contributed by atoms with Crippen molar-refractivity contribution in [1.29, 1.82) is 5.26 Å². The molecule has 0 N–H and O–H groups in total. The lowest BCUT2D eigenvalue weighted by atomic mass is 10.1. The summed E-state index contributed by atoms with van der Waals surface area (Å²) in [5, 5.41) is 9.73. The Hall–Kier alpha value is -0.980. The molecule has 0 aliphatic heterocycles. The van der Waals surface area contributed by atoms with Crippen molar-refractivity contribution in [2.75, 3.05) is 13.7 Å². The molecular weight excluding hydrogens is 236 g/mol. The molecule has 0 saturated carbocycles. The molecule has 0 radical (unpaired) electrons. The van der Waals surface area contributed by atoms with Crippen molar-refractivity contribution in [3.63, 3.8) is 0 Å². The highest BCUT2D eigenvalue weighted by Crippen LogP contribution is 2.32. The van der Waals surface area contributed by atoms with Crippen LogP contribution in [0.25, 0.3) is 0 Å². The topological polar surface area (TPSA) is 38.0 Å². The second kappa shape index (κ2) is 6.09. The van der Waals surface area contributed by atoms with Gasteiger partial charge in [-0.2, -0.15) is 5.26 Å². The van der Waals surface area contributed by atoms with Crippen molar-refractivity contribution < 1.29 is 4.74 Å². The van der Waals surface area contributed by atoms with Crippen LogP contribution in [0.3, 0.4) is 0 Å². The van der Waals surface area contributed by atoms with Crippen molar-refractivity contribution >= 4 is 11.6 Å². The number of nitriles is 1. The monoisotopic (exact) mass is 254 g/mol. The van der Waals surface area contributed by atoms with Crippen LogP contribution in [-0.4, -0.2) is 18.3 Å². The molecular formula is C13H19ClN2O. The third-order valence-corrected chi connectivity index (χ3v) is 3.27. The average Bonchev–Trinajstić information content (AvgIpc) is 2.51. The zero-order chi connectivity index (χ0) is 13.0. The molecule has 0 aliphatic carbocycles. The first-order valence-electron chi connectivity index (χ1n) is 5.82. The number of methoxy groups -OCH3 is 1. The highest BCUT2D eigenvalue weighted by molar-refractivity contribution is 6.32. The van der Waals surface area contributed by atoms with Gasteiger partial charge in [0.25, 0.3) is 0 Å². The standard InChI is InChI=1S/C13H19ClN2O/c1-9(2)13-12(14)11(8-15)10(3)16(13)6-5-7-17-4/h9H,5-7H2,1-4H3. The number of ether oxygens (including phenoxy) is 1. The van der Waals surface area contributed by atoms with E-state index in [1.165, 1.54) is 0 Å². The summed E-state index contributed by atoms with van der Waals surface area (Å²) in [6, 6.07) is 2.19. The van der Waals surface area contributed by atoms with E-state index >= 15 is 0 Å². The summed E-state index contributed by atoms with van der Waals surface area (Å²) in [6.07, 6.45) is 0.924. The number of halogens is 1. The summed E-state index contributed by atoms with van der Waals surface area (Å²) >= 11 is 6.27. The lowest BCUT2D eigenvalue weighted by molar-refractivity contribution is 0.190. The Labute approximate surface area is 108 Å². The minimum atomic E-state index is 0.311. The van der Waals surface area contributed by atoms with Crippen LogP contribution in [0.4, 0.5) is 0 Å². The van der Waals surface area contributed by atoms with Gasteiger partial charge in [0, 0.05) is 31.6 Å². The van der Waals surface area contributed by atoms with Crippen LogP contribution in [-0.2, 0) is 11.3 Å². The zero-order valence-corrected chi connectivity index (χ0v) is 11.6.